The molecule has 0 aliphatic carbocycles. The highest BCUT2D eigenvalue weighted by molar-refractivity contribution is 9.10. The Morgan fingerprint density at radius 2 is 2.24 bits per heavy atom. The Hall–Kier alpha value is -0.450. The van der Waals surface area contributed by atoms with Crippen molar-refractivity contribution in [3.8, 4) is 0 Å². The van der Waals surface area contributed by atoms with Crippen molar-refractivity contribution in [1.29, 1.82) is 0 Å². The van der Waals surface area contributed by atoms with Crippen LogP contribution in [0.5, 0.6) is 0 Å². The van der Waals surface area contributed by atoms with E-state index in [1.54, 1.807) is 6.07 Å². The summed E-state index contributed by atoms with van der Waals surface area (Å²) < 4.78 is 14.9. The van der Waals surface area contributed by atoms with Crippen LogP contribution in [-0.2, 0) is 0 Å². The second-order valence-corrected chi connectivity index (χ2v) is 5.69. The average Bonchev–Trinajstić information content (AvgIpc) is 2.76. The summed E-state index contributed by atoms with van der Waals surface area (Å²) >= 11 is 3.42. The van der Waals surface area contributed by atoms with Crippen molar-refractivity contribution in [3.05, 3.63) is 34.1 Å². The SMILES string of the molecule is CN(C)C(c1cc(Br)ccc1F)C1CCCN1. The summed E-state index contributed by atoms with van der Waals surface area (Å²) in [7, 11) is 4.01. The minimum Gasteiger partial charge on any atom is -0.312 e. The van der Waals surface area contributed by atoms with E-state index in [0.717, 1.165) is 23.0 Å². The lowest BCUT2D eigenvalue weighted by molar-refractivity contribution is 0.238. The fraction of sp³-hybridized carbons (Fsp3) is 0.538. The second kappa shape index (κ2) is 5.46. The number of rotatable bonds is 3. The van der Waals surface area contributed by atoms with Crippen LogP contribution in [0.3, 0.4) is 0 Å². The molecule has 2 rings (SSSR count). The monoisotopic (exact) mass is 300 g/mol. The van der Waals surface area contributed by atoms with Crippen LogP contribution in [0.4, 0.5) is 4.39 Å². The van der Waals surface area contributed by atoms with Gasteiger partial charge in [0.1, 0.15) is 5.82 Å². The molecular weight excluding hydrogens is 283 g/mol. The Bertz CT molecular complexity index is 389. The highest BCUT2D eigenvalue weighted by Crippen LogP contribution is 2.30. The number of likely N-dealkylation sites (N-methyl/N-ethyl adjacent to an activating group) is 1. The molecule has 0 saturated carbocycles. The summed E-state index contributed by atoms with van der Waals surface area (Å²) in [6, 6.07) is 5.60. The van der Waals surface area contributed by atoms with E-state index in [2.05, 4.69) is 26.1 Å². The van der Waals surface area contributed by atoms with Crippen LogP contribution in [0.2, 0.25) is 0 Å². The van der Waals surface area contributed by atoms with Crippen molar-refractivity contribution in [2.75, 3.05) is 20.6 Å². The Labute approximate surface area is 110 Å². The van der Waals surface area contributed by atoms with E-state index < -0.39 is 0 Å². The third kappa shape index (κ3) is 2.87. The fourth-order valence-electron chi connectivity index (χ4n) is 2.58. The van der Waals surface area contributed by atoms with Crippen molar-refractivity contribution < 1.29 is 4.39 Å². The maximum absolute atomic E-state index is 14.0. The summed E-state index contributed by atoms with van der Waals surface area (Å²) in [6.45, 7) is 1.03. The van der Waals surface area contributed by atoms with Gasteiger partial charge in [0.2, 0.25) is 0 Å². The molecule has 1 aromatic carbocycles. The van der Waals surface area contributed by atoms with E-state index in [1.165, 1.54) is 12.5 Å². The number of benzene rings is 1. The summed E-state index contributed by atoms with van der Waals surface area (Å²) in [4.78, 5) is 2.09. The molecule has 2 atom stereocenters. The third-order valence-corrected chi connectivity index (χ3v) is 3.81. The number of nitrogens with one attached hydrogen (secondary N) is 1. The standard InChI is InChI=1S/C13H18BrFN2/c1-17(2)13(12-4-3-7-16-12)10-8-9(14)5-6-11(10)15/h5-6,8,12-13,16H,3-4,7H2,1-2H3. The second-order valence-electron chi connectivity index (χ2n) is 4.78. The van der Waals surface area contributed by atoms with Crippen molar-refractivity contribution in [2.45, 2.75) is 24.9 Å². The van der Waals surface area contributed by atoms with Crippen molar-refractivity contribution in [2.24, 2.45) is 0 Å². The van der Waals surface area contributed by atoms with Crippen LogP contribution >= 0.6 is 15.9 Å². The van der Waals surface area contributed by atoms with E-state index in [1.807, 2.05) is 20.2 Å². The molecule has 1 saturated heterocycles. The lowest BCUT2D eigenvalue weighted by Crippen LogP contribution is -2.37. The van der Waals surface area contributed by atoms with Crippen LogP contribution in [0.15, 0.2) is 22.7 Å². The van der Waals surface area contributed by atoms with Gasteiger partial charge < -0.3 is 10.2 Å². The van der Waals surface area contributed by atoms with Crippen molar-refractivity contribution >= 4 is 15.9 Å². The zero-order valence-electron chi connectivity index (χ0n) is 10.2. The first-order valence-corrected chi connectivity index (χ1v) is 6.73. The van der Waals surface area contributed by atoms with Gasteiger partial charge in [-0.1, -0.05) is 15.9 Å². The molecule has 2 nitrogen and oxygen atoms in total. The molecule has 0 spiro atoms. The van der Waals surface area contributed by atoms with Gasteiger partial charge in [-0.25, -0.2) is 4.39 Å². The first-order chi connectivity index (χ1) is 8.09. The summed E-state index contributed by atoms with van der Waals surface area (Å²) in [5.74, 6) is -0.124. The highest BCUT2D eigenvalue weighted by atomic mass is 79.9. The van der Waals surface area contributed by atoms with Gasteiger partial charge in [0.25, 0.3) is 0 Å². The van der Waals surface area contributed by atoms with Crippen LogP contribution in [0.25, 0.3) is 0 Å². The van der Waals surface area contributed by atoms with Gasteiger partial charge in [-0.05, 0) is 51.7 Å². The molecule has 1 heterocycles. The lowest BCUT2D eigenvalue weighted by atomic mass is 9.96. The predicted molar refractivity (Wildman–Crippen MR) is 71.6 cm³/mol. The summed E-state index contributed by atoms with van der Waals surface area (Å²) in [6.07, 6.45) is 2.28. The topological polar surface area (TPSA) is 15.3 Å². The Morgan fingerprint density at radius 3 is 2.82 bits per heavy atom. The minimum atomic E-state index is -0.124. The largest absolute Gasteiger partial charge is 0.312 e. The first-order valence-electron chi connectivity index (χ1n) is 5.94. The van der Waals surface area contributed by atoms with Crippen molar-refractivity contribution in [1.82, 2.24) is 10.2 Å². The van der Waals surface area contributed by atoms with E-state index in [4.69, 9.17) is 0 Å². The molecule has 0 bridgehead atoms. The molecular formula is C13H18BrFN2. The molecule has 94 valence electrons. The van der Waals surface area contributed by atoms with E-state index >= 15 is 0 Å². The summed E-state index contributed by atoms with van der Waals surface area (Å²) in [5.41, 5.74) is 0.767. The predicted octanol–water partition coefficient (Wildman–Crippen LogP) is 2.94. The Morgan fingerprint density at radius 1 is 1.47 bits per heavy atom. The molecule has 1 aliphatic heterocycles. The van der Waals surface area contributed by atoms with Gasteiger partial charge in [0.15, 0.2) is 0 Å². The maximum Gasteiger partial charge on any atom is 0.128 e. The molecule has 2 unspecified atom stereocenters. The average molecular weight is 301 g/mol. The zero-order valence-corrected chi connectivity index (χ0v) is 11.8. The third-order valence-electron chi connectivity index (χ3n) is 3.31. The molecule has 1 fully saturated rings. The van der Waals surface area contributed by atoms with Gasteiger partial charge in [-0.15, -0.1) is 0 Å². The van der Waals surface area contributed by atoms with Gasteiger partial charge in [0, 0.05) is 16.1 Å². The first kappa shape index (κ1) is 13.0. The van der Waals surface area contributed by atoms with Crippen LogP contribution in [0.1, 0.15) is 24.4 Å². The Kier molecular flexibility index (Phi) is 4.17. The van der Waals surface area contributed by atoms with Crippen LogP contribution < -0.4 is 5.32 Å². The van der Waals surface area contributed by atoms with Gasteiger partial charge in [0.05, 0.1) is 6.04 Å². The summed E-state index contributed by atoms with van der Waals surface area (Å²) in [5, 5.41) is 3.46. The smallest absolute Gasteiger partial charge is 0.128 e. The van der Waals surface area contributed by atoms with Gasteiger partial charge in [-0.3, -0.25) is 0 Å². The van der Waals surface area contributed by atoms with Gasteiger partial charge in [-0.2, -0.15) is 0 Å². The number of hydrogen-bond donors (Lipinski definition) is 1. The van der Waals surface area contributed by atoms with Crippen LogP contribution in [-0.4, -0.2) is 31.6 Å². The van der Waals surface area contributed by atoms with E-state index in [-0.39, 0.29) is 11.9 Å². The number of hydrogen-bond acceptors (Lipinski definition) is 2. The maximum atomic E-state index is 14.0. The van der Waals surface area contributed by atoms with Crippen molar-refractivity contribution in [3.63, 3.8) is 0 Å². The minimum absolute atomic E-state index is 0.0926. The Balaban J connectivity index is 2.34. The zero-order chi connectivity index (χ0) is 12.4. The van der Waals surface area contributed by atoms with E-state index in [0.29, 0.717) is 6.04 Å². The quantitative estimate of drug-likeness (QED) is 0.923. The van der Waals surface area contributed by atoms with Crippen LogP contribution in [0, 0.1) is 5.82 Å². The molecule has 17 heavy (non-hydrogen) atoms. The van der Waals surface area contributed by atoms with E-state index in [9.17, 15) is 4.39 Å². The number of nitrogens with zero attached hydrogens (tertiary/aromatic N) is 1. The molecule has 1 aliphatic rings. The number of halogens is 2. The molecule has 1 N–H and O–H groups in total. The molecule has 1 aromatic rings. The normalized spacial score (nSPS) is 22.1. The lowest BCUT2D eigenvalue weighted by Gasteiger charge is -2.30. The molecule has 0 radical (unpaired) electrons. The molecule has 0 aromatic heterocycles. The highest BCUT2D eigenvalue weighted by Gasteiger charge is 2.29. The fourth-order valence-corrected chi connectivity index (χ4v) is 2.96. The molecule has 4 heteroatoms. The molecule has 0 amide bonds. The van der Waals surface area contributed by atoms with Gasteiger partial charge >= 0.3 is 0 Å².